The molecule has 1 N–H and O–H groups in total. The molecular formula is C16H21N3O. The van der Waals surface area contributed by atoms with E-state index < -0.39 is 0 Å². The van der Waals surface area contributed by atoms with Gasteiger partial charge in [-0.1, -0.05) is 18.2 Å². The normalized spacial score (nSPS) is 17.0. The summed E-state index contributed by atoms with van der Waals surface area (Å²) in [6, 6.07) is 10.1. The van der Waals surface area contributed by atoms with Gasteiger partial charge in [-0.15, -0.1) is 0 Å². The van der Waals surface area contributed by atoms with Crippen LogP contribution < -0.4 is 10.1 Å². The lowest BCUT2D eigenvalue weighted by atomic mass is 10.2. The second-order valence-corrected chi connectivity index (χ2v) is 5.12. The minimum atomic E-state index is 0.718. The summed E-state index contributed by atoms with van der Waals surface area (Å²) in [6.45, 7) is 6.17. The summed E-state index contributed by atoms with van der Waals surface area (Å²) in [6.07, 6.45) is 3.03. The molecule has 0 unspecified atom stereocenters. The highest BCUT2D eigenvalue weighted by Crippen LogP contribution is 2.22. The summed E-state index contributed by atoms with van der Waals surface area (Å²) in [7, 11) is 0. The number of para-hydroxylation sites is 1. The van der Waals surface area contributed by atoms with Gasteiger partial charge in [0.2, 0.25) is 0 Å². The lowest BCUT2D eigenvalue weighted by molar-refractivity contribution is 0.219. The average molecular weight is 271 g/mol. The van der Waals surface area contributed by atoms with Gasteiger partial charge in [-0.3, -0.25) is 9.88 Å². The van der Waals surface area contributed by atoms with Gasteiger partial charge in [0.1, 0.15) is 17.9 Å². The molecule has 1 saturated heterocycles. The number of aromatic nitrogens is 1. The molecule has 2 heterocycles. The molecule has 0 amide bonds. The highest BCUT2D eigenvalue weighted by molar-refractivity contribution is 5.84. The fourth-order valence-electron chi connectivity index (χ4n) is 2.60. The van der Waals surface area contributed by atoms with Crippen LogP contribution in [0.5, 0.6) is 5.75 Å². The standard InChI is InChI=1S/C16H21N3O/c1-4-14-5-2-8-18-16(14)15(6-1)20-13-12-19-10-3-7-17-9-11-19/h1-2,4-6,8,17H,3,7,9-13H2. The molecule has 0 radical (unpaired) electrons. The van der Waals surface area contributed by atoms with E-state index in [-0.39, 0.29) is 0 Å². The molecule has 4 nitrogen and oxygen atoms in total. The maximum absolute atomic E-state index is 5.94. The summed E-state index contributed by atoms with van der Waals surface area (Å²) in [4.78, 5) is 6.87. The maximum atomic E-state index is 5.94. The SMILES string of the molecule is c1cnc2c(OCCN3CCCNCC3)cccc2c1. The van der Waals surface area contributed by atoms with E-state index in [0.717, 1.165) is 56.0 Å². The third-order valence-electron chi connectivity index (χ3n) is 3.69. The number of nitrogens with one attached hydrogen (secondary N) is 1. The fraction of sp³-hybridized carbons (Fsp3) is 0.438. The van der Waals surface area contributed by atoms with Gasteiger partial charge in [0.25, 0.3) is 0 Å². The average Bonchev–Trinajstić information content (AvgIpc) is 2.76. The zero-order valence-electron chi connectivity index (χ0n) is 11.7. The minimum absolute atomic E-state index is 0.718. The lowest BCUT2D eigenvalue weighted by Gasteiger charge is -2.19. The predicted molar refractivity (Wildman–Crippen MR) is 81.2 cm³/mol. The maximum Gasteiger partial charge on any atom is 0.145 e. The Balaban J connectivity index is 1.59. The van der Waals surface area contributed by atoms with Crippen LogP contribution in [0.25, 0.3) is 10.9 Å². The van der Waals surface area contributed by atoms with E-state index in [4.69, 9.17) is 4.74 Å². The first-order chi connectivity index (χ1) is 9.93. The van der Waals surface area contributed by atoms with Crippen LogP contribution in [-0.2, 0) is 0 Å². The van der Waals surface area contributed by atoms with Crippen molar-refractivity contribution in [2.75, 3.05) is 39.3 Å². The molecule has 106 valence electrons. The summed E-state index contributed by atoms with van der Waals surface area (Å²) >= 11 is 0. The molecule has 1 aromatic heterocycles. The van der Waals surface area contributed by atoms with Crippen LogP contribution in [0, 0.1) is 0 Å². The lowest BCUT2D eigenvalue weighted by Crippen LogP contribution is -2.31. The van der Waals surface area contributed by atoms with Crippen LogP contribution >= 0.6 is 0 Å². The van der Waals surface area contributed by atoms with Crippen molar-refractivity contribution in [3.63, 3.8) is 0 Å². The Kier molecular flexibility index (Phi) is 4.46. The van der Waals surface area contributed by atoms with Gasteiger partial charge < -0.3 is 10.1 Å². The van der Waals surface area contributed by atoms with Crippen molar-refractivity contribution in [1.29, 1.82) is 0 Å². The Morgan fingerprint density at radius 2 is 2.10 bits per heavy atom. The van der Waals surface area contributed by atoms with Crippen molar-refractivity contribution < 1.29 is 4.74 Å². The zero-order valence-corrected chi connectivity index (χ0v) is 11.7. The Labute approximate surface area is 119 Å². The molecule has 0 aliphatic carbocycles. The van der Waals surface area contributed by atoms with E-state index in [9.17, 15) is 0 Å². The topological polar surface area (TPSA) is 37.4 Å². The summed E-state index contributed by atoms with van der Waals surface area (Å²) in [5.41, 5.74) is 0.951. The van der Waals surface area contributed by atoms with Crippen LogP contribution in [0.3, 0.4) is 0 Å². The Hall–Kier alpha value is -1.65. The van der Waals surface area contributed by atoms with E-state index in [1.165, 1.54) is 6.42 Å². The van der Waals surface area contributed by atoms with E-state index in [0.29, 0.717) is 0 Å². The number of pyridine rings is 1. The number of hydrogen-bond acceptors (Lipinski definition) is 4. The smallest absolute Gasteiger partial charge is 0.145 e. The van der Waals surface area contributed by atoms with Gasteiger partial charge in [0.05, 0.1) is 0 Å². The van der Waals surface area contributed by atoms with E-state index in [1.807, 2.05) is 24.4 Å². The molecule has 1 aromatic carbocycles. The summed E-state index contributed by atoms with van der Waals surface area (Å²) < 4.78 is 5.94. The van der Waals surface area contributed by atoms with Crippen LogP contribution in [-0.4, -0.2) is 49.2 Å². The molecule has 1 fully saturated rings. The monoisotopic (exact) mass is 271 g/mol. The third kappa shape index (κ3) is 3.26. The molecule has 1 aliphatic rings. The van der Waals surface area contributed by atoms with Crippen molar-refractivity contribution >= 4 is 10.9 Å². The fourth-order valence-corrected chi connectivity index (χ4v) is 2.60. The Bertz CT molecular complexity index is 545. The van der Waals surface area contributed by atoms with Crippen molar-refractivity contribution in [2.45, 2.75) is 6.42 Å². The quantitative estimate of drug-likeness (QED) is 0.922. The first kappa shape index (κ1) is 13.3. The van der Waals surface area contributed by atoms with Crippen LogP contribution in [0.15, 0.2) is 36.5 Å². The van der Waals surface area contributed by atoms with Gasteiger partial charge in [-0.25, -0.2) is 0 Å². The second-order valence-electron chi connectivity index (χ2n) is 5.12. The molecule has 3 rings (SSSR count). The molecule has 0 bridgehead atoms. The molecular weight excluding hydrogens is 250 g/mol. The van der Waals surface area contributed by atoms with Crippen LogP contribution in [0.1, 0.15) is 6.42 Å². The Morgan fingerprint density at radius 3 is 3.10 bits per heavy atom. The largest absolute Gasteiger partial charge is 0.490 e. The summed E-state index contributed by atoms with van der Waals surface area (Å²) in [5.74, 6) is 0.885. The predicted octanol–water partition coefficient (Wildman–Crippen LogP) is 1.91. The molecule has 0 saturated carbocycles. The highest BCUT2D eigenvalue weighted by atomic mass is 16.5. The third-order valence-corrected chi connectivity index (χ3v) is 3.69. The molecule has 20 heavy (non-hydrogen) atoms. The number of nitrogens with zero attached hydrogens (tertiary/aromatic N) is 2. The molecule has 1 aliphatic heterocycles. The van der Waals surface area contributed by atoms with E-state index in [2.05, 4.69) is 27.3 Å². The molecule has 0 atom stereocenters. The first-order valence-electron chi connectivity index (χ1n) is 7.33. The number of ether oxygens (including phenoxy) is 1. The van der Waals surface area contributed by atoms with Gasteiger partial charge in [-0.05, 0) is 31.6 Å². The van der Waals surface area contributed by atoms with Crippen molar-refractivity contribution in [1.82, 2.24) is 15.2 Å². The minimum Gasteiger partial charge on any atom is -0.490 e. The van der Waals surface area contributed by atoms with Gasteiger partial charge in [0.15, 0.2) is 0 Å². The van der Waals surface area contributed by atoms with Crippen molar-refractivity contribution in [2.24, 2.45) is 0 Å². The van der Waals surface area contributed by atoms with Crippen molar-refractivity contribution in [3.8, 4) is 5.75 Å². The number of fused-ring (bicyclic) bond motifs is 1. The van der Waals surface area contributed by atoms with Crippen LogP contribution in [0.4, 0.5) is 0 Å². The van der Waals surface area contributed by atoms with E-state index >= 15 is 0 Å². The van der Waals surface area contributed by atoms with Crippen LogP contribution in [0.2, 0.25) is 0 Å². The molecule has 4 heteroatoms. The van der Waals surface area contributed by atoms with Gasteiger partial charge in [0, 0.05) is 31.2 Å². The van der Waals surface area contributed by atoms with E-state index in [1.54, 1.807) is 0 Å². The number of hydrogen-bond donors (Lipinski definition) is 1. The zero-order chi connectivity index (χ0) is 13.6. The van der Waals surface area contributed by atoms with Crippen molar-refractivity contribution in [3.05, 3.63) is 36.5 Å². The number of rotatable bonds is 4. The second kappa shape index (κ2) is 6.68. The summed E-state index contributed by atoms with van der Waals surface area (Å²) in [5, 5.41) is 4.55. The van der Waals surface area contributed by atoms with Gasteiger partial charge >= 0.3 is 0 Å². The highest BCUT2D eigenvalue weighted by Gasteiger charge is 2.09. The Morgan fingerprint density at radius 1 is 1.15 bits per heavy atom. The first-order valence-corrected chi connectivity index (χ1v) is 7.33. The number of benzene rings is 1. The molecule has 2 aromatic rings. The van der Waals surface area contributed by atoms with Gasteiger partial charge in [-0.2, -0.15) is 0 Å². The molecule has 0 spiro atoms.